The highest BCUT2D eigenvalue weighted by molar-refractivity contribution is 6.05. The molecule has 0 radical (unpaired) electrons. The number of hydrogen-bond acceptors (Lipinski definition) is 4. The zero-order chi connectivity index (χ0) is 15.4. The molecule has 0 aliphatic carbocycles. The van der Waals surface area contributed by atoms with Crippen LogP contribution in [-0.4, -0.2) is 22.8 Å². The van der Waals surface area contributed by atoms with E-state index in [1.807, 2.05) is 0 Å². The molecule has 2 N–H and O–H groups in total. The quantitative estimate of drug-likeness (QED) is 0.829. The molecular weight excluding hydrogens is 275 g/mol. The summed E-state index contributed by atoms with van der Waals surface area (Å²) in [7, 11) is 0. The lowest BCUT2D eigenvalue weighted by molar-refractivity contribution is 0.102. The summed E-state index contributed by atoms with van der Waals surface area (Å²) in [4.78, 5) is 12.1. The molecule has 0 fully saturated rings. The second kappa shape index (κ2) is 6.20. The number of carbonyl (C=O) groups excluding carboxylic acids is 1. The average molecular weight is 288 g/mol. The molecule has 2 aromatic rings. The predicted octanol–water partition coefficient (Wildman–Crippen LogP) is 2.03. The van der Waals surface area contributed by atoms with Crippen LogP contribution in [-0.2, 0) is 0 Å². The van der Waals surface area contributed by atoms with Gasteiger partial charge < -0.3 is 14.9 Å². The Morgan fingerprint density at radius 3 is 2.81 bits per heavy atom. The van der Waals surface area contributed by atoms with E-state index in [4.69, 9.17) is 9.63 Å². The van der Waals surface area contributed by atoms with Crippen molar-refractivity contribution in [3.8, 4) is 11.8 Å². The van der Waals surface area contributed by atoms with Gasteiger partial charge in [0.1, 0.15) is 23.7 Å². The number of hydrogen-bond donors (Lipinski definition) is 2. The summed E-state index contributed by atoms with van der Waals surface area (Å²) in [6, 6.07) is 4.15. The number of rotatable bonds is 2. The van der Waals surface area contributed by atoms with E-state index in [1.54, 1.807) is 19.9 Å². The summed E-state index contributed by atoms with van der Waals surface area (Å²) in [5, 5.41) is 14.7. The molecule has 1 aromatic carbocycles. The van der Waals surface area contributed by atoms with Crippen LogP contribution in [0.1, 0.15) is 27.4 Å². The number of aliphatic hydroxyl groups excluding tert-OH is 1. The highest BCUT2D eigenvalue weighted by Gasteiger charge is 2.18. The SMILES string of the molecule is Cc1noc(C)c1C(=O)Nc1ccc(C#CCO)cc1F. The standard InChI is InChI=1S/C15H13FN2O3/c1-9-14(10(2)21-18-9)15(20)17-13-6-5-11(4-3-7-19)8-12(13)16/h5-6,8,19H,7H2,1-2H3,(H,17,20). The fourth-order valence-electron chi connectivity index (χ4n) is 1.83. The predicted molar refractivity (Wildman–Crippen MR) is 74.3 cm³/mol. The van der Waals surface area contributed by atoms with Gasteiger partial charge >= 0.3 is 0 Å². The first-order valence-corrected chi connectivity index (χ1v) is 6.16. The van der Waals surface area contributed by atoms with E-state index in [2.05, 4.69) is 22.3 Å². The number of halogens is 1. The van der Waals surface area contributed by atoms with Gasteiger partial charge in [0.2, 0.25) is 0 Å². The molecule has 1 amide bonds. The Morgan fingerprint density at radius 1 is 1.48 bits per heavy atom. The minimum atomic E-state index is -0.611. The van der Waals surface area contributed by atoms with Gasteiger partial charge in [-0.3, -0.25) is 4.79 Å². The van der Waals surface area contributed by atoms with Gasteiger partial charge in [0.05, 0.1) is 11.4 Å². The molecule has 0 spiro atoms. The van der Waals surface area contributed by atoms with Crippen LogP contribution in [0.15, 0.2) is 22.7 Å². The van der Waals surface area contributed by atoms with E-state index in [9.17, 15) is 9.18 Å². The number of aryl methyl sites for hydroxylation is 2. The van der Waals surface area contributed by atoms with Crippen LogP contribution >= 0.6 is 0 Å². The van der Waals surface area contributed by atoms with Crippen LogP contribution in [0.3, 0.4) is 0 Å². The molecule has 0 atom stereocenters. The van der Waals surface area contributed by atoms with E-state index in [1.165, 1.54) is 12.1 Å². The van der Waals surface area contributed by atoms with Crippen LogP contribution in [0, 0.1) is 31.5 Å². The van der Waals surface area contributed by atoms with Gasteiger partial charge in [0.25, 0.3) is 5.91 Å². The minimum absolute atomic E-state index is 0.0366. The summed E-state index contributed by atoms with van der Waals surface area (Å²) in [6.07, 6.45) is 0. The van der Waals surface area contributed by atoms with Crippen molar-refractivity contribution in [1.29, 1.82) is 0 Å². The van der Waals surface area contributed by atoms with Crippen LogP contribution in [0.4, 0.5) is 10.1 Å². The summed E-state index contributed by atoms with van der Waals surface area (Å²) >= 11 is 0. The topological polar surface area (TPSA) is 75.4 Å². The number of anilines is 1. The van der Waals surface area contributed by atoms with Crippen molar-refractivity contribution in [2.24, 2.45) is 0 Å². The fraction of sp³-hybridized carbons (Fsp3) is 0.200. The molecule has 5 nitrogen and oxygen atoms in total. The number of aromatic nitrogens is 1. The Labute approximate surface area is 120 Å². The molecule has 1 aromatic heterocycles. The fourth-order valence-corrected chi connectivity index (χ4v) is 1.83. The molecule has 0 unspecified atom stereocenters. The third-order valence-electron chi connectivity index (χ3n) is 2.79. The van der Waals surface area contributed by atoms with Gasteiger partial charge in [-0.2, -0.15) is 0 Å². The van der Waals surface area contributed by atoms with Crippen molar-refractivity contribution < 1.29 is 18.8 Å². The smallest absolute Gasteiger partial charge is 0.261 e. The van der Waals surface area contributed by atoms with E-state index >= 15 is 0 Å². The zero-order valence-corrected chi connectivity index (χ0v) is 11.5. The molecule has 2 rings (SSSR count). The zero-order valence-electron chi connectivity index (χ0n) is 11.5. The van der Waals surface area contributed by atoms with Crippen LogP contribution in [0.25, 0.3) is 0 Å². The van der Waals surface area contributed by atoms with Crippen molar-refractivity contribution >= 4 is 11.6 Å². The summed E-state index contributed by atoms with van der Waals surface area (Å²) in [6.45, 7) is 2.94. The largest absolute Gasteiger partial charge is 0.384 e. The van der Waals surface area contributed by atoms with Gasteiger partial charge in [0, 0.05) is 5.56 Å². The maximum Gasteiger partial charge on any atom is 0.261 e. The second-order valence-corrected chi connectivity index (χ2v) is 4.31. The van der Waals surface area contributed by atoms with Crippen LogP contribution < -0.4 is 5.32 Å². The van der Waals surface area contributed by atoms with Crippen molar-refractivity contribution in [3.63, 3.8) is 0 Å². The van der Waals surface area contributed by atoms with Crippen LogP contribution in [0.2, 0.25) is 0 Å². The number of carbonyl (C=O) groups is 1. The normalized spacial score (nSPS) is 9.90. The molecule has 0 saturated heterocycles. The molecule has 108 valence electrons. The van der Waals surface area contributed by atoms with Crippen molar-refractivity contribution in [3.05, 3.63) is 46.6 Å². The second-order valence-electron chi connectivity index (χ2n) is 4.31. The number of amides is 1. The van der Waals surface area contributed by atoms with E-state index in [-0.39, 0.29) is 12.3 Å². The number of nitrogens with zero attached hydrogens (tertiary/aromatic N) is 1. The Balaban J connectivity index is 2.22. The molecule has 0 saturated carbocycles. The van der Waals surface area contributed by atoms with Gasteiger partial charge in [-0.1, -0.05) is 17.0 Å². The molecule has 21 heavy (non-hydrogen) atoms. The molecule has 1 heterocycles. The molecule has 0 bridgehead atoms. The monoisotopic (exact) mass is 288 g/mol. The first-order chi connectivity index (χ1) is 10.0. The van der Waals surface area contributed by atoms with Crippen molar-refractivity contribution in [2.45, 2.75) is 13.8 Å². The number of nitrogens with one attached hydrogen (secondary N) is 1. The van der Waals surface area contributed by atoms with Gasteiger partial charge in [-0.05, 0) is 32.0 Å². The highest BCUT2D eigenvalue weighted by atomic mass is 19.1. The maximum absolute atomic E-state index is 13.9. The van der Waals surface area contributed by atoms with E-state index in [0.29, 0.717) is 22.6 Å². The Hall–Kier alpha value is -2.65. The van der Waals surface area contributed by atoms with Gasteiger partial charge in [0.15, 0.2) is 0 Å². The Bertz CT molecular complexity index is 722. The van der Waals surface area contributed by atoms with Crippen LogP contribution in [0.5, 0.6) is 0 Å². The lowest BCUT2D eigenvalue weighted by atomic mass is 10.1. The van der Waals surface area contributed by atoms with Gasteiger partial charge in [-0.25, -0.2) is 4.39 Å². The summed E-state index contributed by atoms with van der Waals surface area (Å²) in [5.41, 5.74) is 1.18. The number of aliphatic hydroxyl groups is 1. The third kappa shape index (κ3) is 3.27. The Kier molecular flexibility index (Phi) is 4.36. The van der Waals surface area contributed by atoms with E-state index < -0.39 is 11.7 Å². The van der Waals surface area contributed by atoms with Crippen molar-refractivity contribution in [2.75, 3.05) is 11.9 Å². The average Bonchev–Trinajstić information content (AvgIpc) is 2.78. The lowest BCUT2D eigenvalue weighted by Gasteiger charge is -2.06. The third-order valence-corrected chi connectivity index (χ3v) is 2.79. The highest BCUT2D eigenvalue weighted by Crippen LogP contribution is 2.19. The first kappa shape index (κ1) is 14.8. The van der Waals surface area contributed by atoms with E-state index in [0.717, 1.165) is 0 Å². The van der Waals surface area contributed by atoms with Crippen molar-refractivity contribution in [1.82, 2.24) is 5.16 Å². The molecule has 6 heteroatoms. The maximum atomic E-state index is 13.9. The molecule has 0 aliphatic rings. The number of benzene rings is 1. The molecular formula is C15H13FN2O3. The Morgan fingerprint density at radius 2 is 2.24 bits per heavy atom. The lowest BCUT2D eigenvalue weighted by Crippen LogP contribution is -2.14. The first-order valence-electron chi connectivity index (χ1n) is 6.16. The summed E-state index contributed by atoms with van der Waals surface area (Å²) < 4.78 is 18.8. The van der Waals surface area contributed by atoms with Gasteiger partial charge in [-0.15, -0.1) is 0 Å². The molecule has 0 aliphatic heterocycles. The summed E-state index contributed by atoms with van der Waals surface area (Å²) in [5.74, 6) is 4.28. The minimum Gasteiger partial charge on any atom is -0.384 e.